The number of carbonyl (C=O) groups excluding carboxylic acids is 2. The van der Waals surface area contributed by atoms with Gasteiger partial charge in [-0.1, -0.05) is 18.7 Å². The normalized spacial score (nSPS) is 28.3. The Morgan fingerprint density at radius 2 is 2.15 bits per heavy atom. The molecule has 0 heterocycles. The summed E-state index contributed by atoms with van der Waals surface area (Å²) in [6.07, 6.45) is 5.37. The van der Waals surface area contributed by atoms with Gasteiger partial charge in [0.15, 0.2) is 5.78 Å². The topological polar surface area (TPSA) is 34.1 Å². The monoisotopic (exact) mass is 176 g/mol. The summed E-state index contributed by atoms with van der Waals surface area (Å²) in [5.74, 6) is 0.0237. The molecule has 0 saturated carbocycles. The summed E-state index contributed by atoms with van der Waals surface area (Å²) >= 11 is 0. The van der Waals surface area contributed by atoms with E-state index < -0.39 is 5.41 Å². The van der Waals surface area contributed by atoms with E-state index in [0.717, 1.165) is 5.57 Å². The fourth-order valence-corrected chi connectivity index (χ4v) is 1.45. The Kier molecular flexibility index (Phi) is 2.32. The van der Waals surface area contributed by atoms with Crippen molar-refractivity contribution >= 4 is 12.1 Å². The van der Waals surface area contributed by atoms with Gasteiger partial charge < -0.3 is 0 Å². The largest absolute Gasteiger partial charge is 0.299 e. The SMILES string of the molecule is C=C1C=C(C)C(=O)C1(C)/C=C\C=O. The minimum atomic E-state index is -0.703. The maximum Gasteiger partial charge on any atom is 0.172 e. The maximum atomic E-state index is 11.6. The Hall–Kier alpha value is -1.44. The maximum absolute atomic E-state index is 11.6. The number of rotatable bonds is 2. The van der Waals surface area contributed by atoms with Crippen molar-refractivity contribution in [3.05, 3.63) is 36.0 Å². The molecular weight excluding hydrogens is 164 g/mol. The van der Waals surface area contributed by atoms with Gasteiger partial charge in [-0.15, -0.1) is 0 Å². The van der Waals surface area contributed by atoms with Crippen LogP contribution in [-0.2, 0) is 9.59 Å². The molecule has 0 N–H and O–H groups in total. The summed E-state index contributed by atoms with van der Waals surface area (Å²) in [6.45, 7) is 7.32. The van der Waals surface area contributed by atoms with Crippen molar-refractivity contribution in [1.82, 2.24) is 0 Å². The van der Waals surface area contributed by atoms with Crippen LogP contribution in [0.15, 0.2) is 36.0 Å². The van der Waals surface area contributed by atoms with Crippen molar-refractivity contribution in [1.29, 1.82) is 0 Å². The van der Waals surface area contributed by atoms with E-state index >= 15 is 0 Å². The van der Waals surface area contributed by atoms with Crippen molar-refractivity contribution in [2.45, 2.75) is 13.8 Å². The molecule has 1 unspecified atom stereocenters. The highest BCUT2D eigenvalue weighted by atomic mass is 16.1. The molecule has 0 radical (unpaired) electrons. The quantitative estimate of drug-likeness (QED) is 0.475. The Balaban J connectivity index is 3.07. The molecule has 0 saturated heterocycles. The summed E-state index contributed by atoms with van der Waals surface area (Å²) in [4.78, 5) is 21.8. The van der Waals surface area contributed by atoms with E-state index in [4.69, 9.17) is 0 Å². The predicted molar refractivity (Wildman–Crippen MR) is 51.2 cm³/mol. The molecule has 0 bridgehead atoms. The van der Waals surface area contributed by atoms with Crippen molar-refractivity contribution in [3.8, 4) is 0 Å². The number of ketones is 1. The van der Waals surface area contributed by atoms with Crippen LogP contribution in [-0.4, -0.2) is 12.1 Å². The first-order valence-corrected chi connectivity index (χ1v) is 4.08. The molecule has 1 rings (SSSR count). The first-order valence-electron chi connectivity index (χ1n) is 4.08. The Bertz CT molecular complexity index is 334. The lowest BCUT2D eigenvalue weighted by molar-refractivity contribution is -0.119. The van der Waals surface area contributed by atoms with Crippen LogP contribution < -0.4 is 0 Å². The fourth-order valence-electron chi connectivity index (χ4n) is 1.45. The number of Topliss-reactive ketones (excluding diaryl/α,β-unsaturated/α-hetero) is 1. The van der Waals surface area contributed by atoms with E-state index in [9.17, 15) is 9.59 Å². The van der Waals surface area contributed by atoms with Gasteiger partial charge in [-0.3, -0.25) is 9.59 Å². The molecule has 0 aliphatic heterocycles. The summed E-state index contributed by atoms with van der Waals surface area (Å²) in [6, 6.07) is 0. The highest BCUT2D eigenvalue weighted by Gasteiger charge is 2.37. The van der Waals surface area contributed by atoms with Gasteiger partial charge in [0.1, 0.15) is 6.29 Å². The van der Waals surface area contributed by atoms with Gasteiger partial charge in [0, 0.05) is 0 Å². The first-order chi connectivity index (χ1) is 6.02. The van der Waals surface area contributed by atoms with Gasteiger partial charge in [0.2, 0.25) is 0 Å². The molecule has 0 aromatic heterocycles. The van der Waals surface area contributed by atoms with Crippen LogP contribution in [0.3, 0.4) is 0 Å². The summed E-state index contributed by atoms with van der Waals surface area (Å²) in [5.41, 5.74) is 0.737. The third-order valence-electron chi connectivity index (χ3n) is 2.40. The van der Waals surface area contributed by atoms with E-state index in [1.807, 2.05) is 0 Å². The Morgan fingerprint density at radius 1 is 1.54 bits per heavy atom. The minimum absolute atomic E-state index is 0.0237. The smallest absolute Gasteiger partial charge is 0.172 e. The van der Waals surface area contributed by atoms with Crippen LogP contribution in [0.4, 0.5) is 0 Å². The van der Waals surface area contributed by atoms with Crippen LogP contribution in [0.2, 0.25) is 0 Å². The lowest BCUT2D eigenvalue weighted by Crippen LogP contribution is -2.22. The molecule has 68 valence electrons. The number of aldehydes is 1. The third-order valence-corrected chi connectivity index (χ3v) is 2.40. The Morgan fingerprint density at radius 3 is 2.54 bits per heavy atom. The van der Waals surface area contributed by atoms with Crippen molar-refractivity contribution in [3.63, 3.8) is 0 Å². The van der Waals surface area contributed by atoms with Crippen LogP contribution in [0.25, 0.3) is 0 Å². The standard InChI is InChI=1S/C11H12O2/c1-8-7-9(2)11(3,10(8)13)5-4-6-12/h4-7H,2H2,1,3H3/b5-4-. The van der Waals surface area contributed by atoms with Crippen molar-refractivity contribution in [2.24, 2.45) is 5.41 Å². The number of carbonyl (C=O) groups is 2. The second kappa shape index (κ2) is 3.13. The van der Waals surface area contributed by atoms with Gasteiger partial charge in [-0.25, -0.2) is 0 Å². The van der Waals surface area contributed by atoms with Gasteiger partial charge in [0.25, 0.3) is 0 Å². The van der Waals surface area contributed by atoms with E-state index in [-0.39, 0.29) is 5.78 Å². The van der Waals surface area contributed by atoms with Gasteiger partial charge in [-0.05, 0) is 31.1 Å². The average molecular weight is 176 g/mol. The highest BCUT2D eigenvalue weighted by molar-refractivity contribution is 6.07. The molecule has 1 aliphatic carbocycles. The summed E-state index contributed by atoms with van der Waals surface area (Å²) in [5, 5.41) is 0. The van der Waals surface area contributed by atoms with Crippen LogP contribution >= 0.6 is 0 Å². The van der Waals surface area contributed by atoms with E-state index in [0.29, 0.717) is 11.9 Å². The molecule has 0 fully saturated rings. The molecule has 2 nitrogen and oxygen atoms in total. The van der Waals surface area contributed by atoms with Crippen LogP contribution in [0, 0.1) is 5.41 Å². The Labute approximate surface area is 77.6 Å². The zero-order chi connectivity index (χ0) is 10.1. The highest BCUT2D eigenvalue weighted by Crippen LogP contribution is 2.38. The molecule has 0 spiro atoms. The van der Waals surface area contributed by atoms with Crippen LogP contribution in [0.5, 0.6) is 0 Å². The van der Waals surface area contributed by atoms with E-state index in [1.165, 1.54) is 6.08 Å². The zero-order valence-corrected chi connectivity index (χ0v) is 7.83. The van der Waals surface area contributed by atoms with Gasteiger partial charge in [-0.2, -0.15) is 0 Å². The number of hydrogen-bond donors (Lipinski definition) is 0. The molecule has 0 aromatic rings. The molecule has 0 amide bonds. The van der Waals surface area contributed by atoms with Crippen molar-refractivity contribution < 1.29 is 9.59 Å². The van der Waals surface area contributed by atoms with Crippen LogP contribution in [0.1, 0.15) is 13.8 Å². The average Bonchev–Trinajstić information content (AvgIpc) is 2.28. The molecule has 2 heteroatoms. The summed E-state index contributed by atoms with van der Waals surface area (Å²) < 4.78 is 0. The lowest BCUT2D eigenvalue weighted by Gasteiger charge is -2.18. The molecule has 13 heavy (non-hydrogen) atoms. The van der Waals surface area contributed by atoms with Gasteiger partial charge >= 0.3 is 0 Å². The molecule has 1 aliphatic rings. The third kappa shape index (κ3) is 1.39. The van der Waals surface area contributed by atoms with Gasteiger partial charge in [0.05, 0.1) is 5.41 Å². The molecule has 0 aromatic carbocycles. The lowest BCUT2D eigenvalue weighted by atomic mass is 9.82. The van der Waals surface area contributed by atoms with E-state index in [2.05, 4.69) is 6.58 Å². The number of hydrogen-bond acceptors (Lipinski definition) is 2. The second-order valence-electron chi connectivity index (χ2n) is 3.38. The number of allylic oxidation sites excluding steroid dienone is 5. The zero-order valence-electron chi connectivity index (χ0n) is 7.83. The van der Waals surface area contributed by atoms with Crippen molar-refractivity contribution in [2.75, 3.05) is 0 Å². The second-order valence-corrected chi connectivity index (χ2v) is 3.38. The first kappa shape index (κ1) is 9.65. The fraction of sp³-hybridized carbons (Fsp3) is 0.273. The summed E-state index contributed by atoms with van der Waals surface area (Å²) in [7, 11) is 0. The molecular formula is C11H12O2. The minimum Gasteiger partial charge on any atom is -0.299 e. The predicted octanol–water partition coefficient (Wildman–Crippen LogP) is 1.83. The molecule has 1 atom stereocenters. The van der Waals surface area contributed by atoms with E-state index in [1.54, 1.807) is 26.0 Å².